The van der Waals surface area contributed by atoms with Gasteiger partial charge in [0.2, 0.25) is 0 Å². The molecule has 0 spiro atoms. The third-order valence-corrected chi connectivity index (χ3v) is 1.69. The van der Waals surface area contributed by atoms with Gasteiger partial charge in [-0.1, -0.05) is 6.08 Å². The molecule has 0 bridgehead atoms. The molecule has 68 valence electrons. The summed E-state index contributed by atoms with van der Waals surface area (Å²) in [5.41, 5.74) is -0.496. The van der Waals surface area contributed by atoms with Gasteiger partial charge in [-0.2, -0.15) is 5.26 Å². The number of methoxy groups -OCH3 is 1. The van der Waals surface area contributed by atoms with Gasteiger partial charge in [0.1, 0.15) is 5.54 Å². The molecule has 0 fully saturated rings. The van der Waals surface area contributed by atoms with Crippen LogP contribution in [-0.2, 0) is 4.74 Å². The van der Waals surface area contributed by atoms with Crippen LogP contribution < -0.4 is 5.32 Å². The highest BCUT2D eigenvalue weighted by atomic mass is 16.5. The van der Waals surface area contributed by atoms with Crippen molar-refractivity contribution in [2.24, 2.45) is 0 Å². The maximum Gasteiger partial charge on any atom is 0.106 e. The minimum Gasteiger partial charge on any atom is -0.385 e. The Balaban J connectivity index is 3.88. The second kappa shape index (κ2) is 5.76. The molecule has 1 N–H and O–H groups in total. The lowest BCUT2D eigenvalue weighted by Gasteiger charge is -2.21. The highest BCUT2D eigenvalue weighted by Gasteiger charge is 2.21. The van der Waals surface area contributed by atoms with Gasteiger partial charge >= 0.3 is 0 Å². The van der Waals surface area contributed by atoms with E-state index in [2.05, 4.69) is 18.0 Å². The summed E-state index contributed by atoms with van der Waals surface area (Å²) in [5.74, 6) is 0. The highest BCUT2D eigenvalue weighted by Crippen LogP contribution is 2.07. The number of nitrogens with zero attached hydrogens (tertiary/aromatic N) is 1. The largest absolute Gasteiger partial charge is 0.385 e. The molecule has 1 atom stereocenters. The smallest absolute Gasteiger partial charge is 0.106 e. The maximum atomic E-state index is 8.84. The van der Waals surface area contributed by atoms with Gasteiger partial charge < -0.3 is 4.74 Å². The second-order valence-corrected chi connectivity index (χ2v) is 2.86. The second-order valence-electron chi connectivity index (χ2n) is 2.86. The molecule has 0 amide bonds. The predicted molar refractivity (Wildman–Crippen MR) is 48.7 cm³/mol. The fourth-order valence-corrected chi connectivity index (χ4v) is 0.787. The van der Waals surface area contributed by atoms with Crippen LogP contribution in [0.5, 0.6) is 0 Å². The van der Waals surface area contributed by atoms with Gasteiger partial charge in [-0.15, -0.1) is 6.58 Å². The lowest BCUT2D eigenvalue weighted by molar-refractivity contribution is 0.175. The van der Waals surface area contributed by atoms with Crippen molar-refractivity contribution in [3.63, 3.8) is 0 Å². The zero-order valence-corrected chi connectivity index (χ0v) is 7.76. The summed E-state index contributed by atoms with van der Waals surface area (Å²) in [4.78, 5) is 0. The van der Waals surface area contributed by atoms with Crippen molar-refractivity contribution in [1.29, 1.82) is 5.26 Å². The summed E-state index contributed by atoms with van der Waals surface area (Å²) in [6.45, 7) is 6.67. The monoisotopic (exact) mass is 168 g/mol. The molecule has 0 aliphatic heterocycles. The van der Waals surface area contributed by atoms with E-state index in [1.54, 1.807) is 13.2 Å². The first-order valence-corrected chi connectivity index (χ1v) is 3.94. The SMILES string of the molecule is C=CCNC(C)(C#N)CCOC. The quantitative estimate of drug-likeness (QED) is 0.604. The molecule has 0 aromatic carbocycles. The van der Waals surface area contributed by atoms with Gasteiger partial charge in [0.25, 0.3) is 0 Å². The van der Waals surface area contributed by atoms with Crippen molar-refractivity contribution in [3.8, 4) is 6.07 Å². The molecule has 0 aromatic heterocycles. The van der Waals surface area contributed by atoms with Crippen molar-refractivity contribution >= 4 is 0 Å². The number of hydrogen-bond donors (Lipinski definition) is 1. The molecule has 0 aromatic rings. The first kappa shape index (κ1) is 11.2. The van der Waals surface area contributed by atoms with E-state index in [9.17, 15) is 0 Å². The minimum absolute atomic E-state index is 0.496. The number of hydrogen-bond acceptors (Lipinski definition) is 3. The molecule has 0 radical (unpaired) electrons. The lowest BCUT2D eigenvalue weighted by atomic mass is 10.0. The summed E-state index contributed by atoms with van der Waals surface area (Å²) in [5, 5.41) is 11.9. The van der Waals surface area contributed by atoms with E-state index in [0.717, 1.165) is 0 Å². The molecular formula is C9H16N2O. The topological polar surface area (TPSA) is 45.0 Å². The Hall–Kier alpha value is -0.850. The Kier molecular flexibility index (Phi) is 5.35. The number of nitriles is 1. The molecule has 0 aliphatic carbocycles. The van der Waals surface area contributed by atoms with E-state index in [-0.39, 0.29) is 0 Å². The van der Waals surface area contributed by atoms with Crippen molar-refractivity contribution in [3.05, 3.63) is 12.7 Å². The van der Waals surface area contributed by atoms with Crippen LogP contribution in [0.25, 0.3) is 0 Å². The van der Waals surface area contributed by atoms with Crippen LogP contribution in [0.2, 0.25) is 0 Å². The molecule has 0 rings (SSSR count). The standard InChI is InChI=1S/C9H16N2O/c1-4-6-11-9(2,8-10)5-7-12-3/h4,11H,1,5-7H2,2-3H3. The molecule has 12 heavy (non-hydrogen) atoms. The Bertz CT molecular complexity index is 174. The predicted octanol–water partition coefficient (Wildman–Crippen LogP) is 1.08. The summed E-state index contributed by atoms with van der Waals surface area (Å²) in [6.07, 6.45) is 2.43. The third-order valence-electron chi connectivity index (χ3n) is 1.69. The first-order chi connectivity index (χ1) is 5.68. The average molecular weight is 168 g/mol. The van der Waals surface area contributed by atoms with Crippen molar-refractivity contribution in [1.82, 2.24) is 5.32 Å². The summed E-state index contributed by atoms with van der Waals surface area (Å²) in [6, 6.07) is 2.21. The van der Waals surface area contributed by atoms with Crippen molar-refractivity contribution in [2.75, 3.05) is 20.3 Å². The van der Waals surface area contributed by atoms with E-state index in [0.29, 0.717) is 19.6 Å². The average Bonchev–Trinajstić information content (AvgIpc) is 2.11. The van der Waals surface area contributed by atoms with Crippen molar-refractivity contribution in [2.45, 2.75) is 18.9 Å². The zero-order chi connectivity index (χ0) is 9.45. The lowest BCUT2D eigenvalue weighted by Crippen LogP contribution is -2.41. The van der Waals surface area contributed by atoms with Gasteiger partial charge in [0.05, 0.1) is 6.07 Å². The number of rotatable bonds is 6. The molecule has 0 heterocycles. The summed E-state index contributed by atoms with van der Waals surface area (Å²) >= 11 is 0. The van der Waals surface area contributed by atoms with Crippen LogP contribution >= 0.6 is 0 Å². The van der Waals surface area contributed by atoms with Gasteiger partial charge in [-0.05, 0) is 6.92 Å². The van der Waals surface area contributed by atoms with Crippen LogP contribution in [-0.4, -0.2) is 25.8 Å². The first-order valence-electron chi connectivity index (χ1n) is 3.94. The van der Waals surface area contributed by atoms with E-state index < -0.39 is 5.54 Å². The molecule has 3 nitrogen and oxygen atoms in total. The summed E-state index contributed by atoms with van der Waals surface area (Å²) < 4.78 is 4.90. The molecule has 0 aliphatic rings. The van der Waals surface area contributed by atoms with E-state index >= 15 is 0 Å². The van der Waals surface area contributed by atoms with Gasteiger partial charge in [0.15, 0.2) is 0 Å². The number of nitrogens with one attached hydrogen (secondary N) is 1. The van der Waals surface area contributed by atoms with E-state index in [1.807, 2.05) is 6.92 Å². The fraction of sp³-hybridized carbons (Fsp3) is 0.667. The molecule has 0 saturated heterocycles. The van der Waals surface area contributed by atoms with Crippen molar-refractivity contribution < 1.29 is 4.74 Å². The minimum atomic E-state index is -0.496. The molecule has 3 heteroatoms. The van der Waals surface area contributed by atoms with Gasteiger partial charge in [0, 0.05) is 26.7 Å². The normalized spacial score (nSPS) is 14.8. The highest BCUT2D eigenvalue weighted by molar-refractivity contribution is 5.04. The Morgan fingerprint density at radius 3 is 2.83 bits per heavy atom. The third kappa shape index (κ3) is 4.12. The zero-order valence-electron chi connectivity index (χ0n) is 7.76. The Labute approximate surface area is 74.0 Å². The molecule has 0 saturated carbocycles. The van der Waals surface area contributed by atoms with E-state index in [4.69, 9.17) is 10.00 Å². The Morgan fingerprint density at radius 1 is 1.75 bits per heavy atom. The molecule has 1 unspecified atom stereocenters. The van der Waals surface area contributed by atoms with Crippen LogP contribution in [0.3, 0.4) is 0 Å². The molecular weight excluding hydrogens is 152 g/mol. The van der Waals surface area contributed by atoms with Gasteiger partial charge in [-0.3, -0.25) is 5.32 Å². The Morgan fingerprint density at radius 2 is 2.42 bits per heavy atom. The van der Waals surface area contributed by atoms with Crippen LogP contribution in [0.4, 0.5) is 0 Å². The number of ether oxygens (including phenoxy) is 1. The van der Waals surface area contributed by atoms with Crippen LogP contribution in [0.15, 0.2) is 12.7 Å². The fourth-order valence-electron chi connectivity index (χ4n) is 0.787. The van der Waals surface area contributed by atoms with Gasteiger partial charge in [-0.25, -0.2) is 0 Å². The summed E-state index contributed by atoms with van der Waals surface area (Å²) in [7, 11) is 1.63. The van der Waals surface area contributed by atoms with Crippen LogP contribution in [0.1, 0.15) is 13.3 Å². The van der Waals surface area contributed by atoms with E-state index in [1.165, 1.54) is 0 Å². The maximum absolute atomic E-state index is 8.84. The van der Waals surface area contributed by atoms with Crippen LogP contribution in [0, 0.1) is 11.3 Å².